The van der Waals surface area contributed by atoms with Crippen molar-refractivity contribution in [3.05, 3.63) is 64.9 Å². The molecule has 0 unspecified atom stereocenters. The first-order chi connectivity index (χ1) is 11.9. The number of nitrogens with one attached hydrogen (secondary N) is 2. The summed E-state index contributed by atoms with van der Waals surface area (Å²) in [5.74, 6) is 0.126. The van der Waals surface area contributed by atoms with Crippen LogP contribution in [0, 0.1) is 0 Å². The molecule has 0 aliphatic carbocycles. The van der Waals surface area contributed by atoms with Crippen LogP contribution >= 0.6 is 11.3 Å². The maximum Gasteiger partial charge on any atom is 0.266 e. The molecule has 2 N–H and O–H groups in total. The minimum atomic E-state index is -3.43. The molecule has 0 spiro atoms. The van der Waals surface area contributed by atoms with Gasteiger partial charge in [0.2, 0.25) is 10.0 Å². The summed E-state index contributed by atoms with van der Waals surface area (Å²) >= 11 is 1.33. The first kappa shape index (κ1) is 17.1. The average molecular weight is 373 g/mol. The number of carbonyl (C=O) groups is 1. The molecule has 3 rings (SSSR count). The number of rotatable bonds is 5. The van der Waals surface area contributed by atoms with Gasteiger partial charge >= 0.3 is 0 Å². The number of sulfonamides is 1. The first-order valence-corrected chi connectivity index (χ1v) is 10.1. The van der Waals surface area contributed by atoms with Gasteiger partial charge in [-0.1, -0.05) is 36.4 Å². The monoisotopic (exact) mass is 373 g/mol. The normalized spacial score (nSPS) is 11.1. The van der Waals surface area contributed by atoms with Crippen molar-refractivity contribution >= 4 is 38.9 Å². The second kappa shape index (κ2) is 7.04. The zero-order chi connectivity index (χ0) is 17.9. The molecule has 0 saturated heterocycles. The van der Waals surface area contributed by atoms with Crippen LogP contribution in [0.25, 0.3) is 11.1 Å². The van der Waals surface area contributed by atoms with Crippen LogP contribution in [0.15, 0.2) is 60.0 Å². The zero-order valence-corrected chi connectivity index (χ0v) is 14.9. The van der Waals surface area contributed by atoms with Crippen LogP contribution in [0.4, 0.5) is 11.6 Å². The highest BCUT2D eigenvalue weighted by Gasteiger charge is 2.12. The number of anilines is 2. The minimum absolute atomic E-state index is 0.149. The Hall–Kier alpha value is -2.71. The Kier molecular flexibility index (Phi) is 4.82. The Morgan fingerprint density at radius 2 is 1.72 bits per heavy atom. The zero-order valence-electron chi connectivity index (χ0n) is 13.3. The van der Waals surface area contributed by atoms with Gasteiger partial charge in [0.1, 0.15) is 11.6 Å². The van der Waals surface area contributed by atoms with E-state index in [1.54, 1.807) is 12.1 Å². The van der Waals surface area contributed by atoms with Crippen LogP contribution in [0.5, 0.6) is 0 Å². The number of hydrogen-bond acceptors (Lipinski definition) is 5. The molecule has 25 heavy (non-hydrogen) atoms. The maximum absolute atomic E-state index is 12.4. The van der Waals surface area contributed by atoms with Crippen molar-refractivity contribution in [1.82, 2.24) is 4.98 Å². The molecule has 1 aromatic carbocycles. The van der Waals surface area contributed by atoms with Crippen molar-refractivity contribution in [3.8, 4) is 11.1 Å². The molecule has 2 aromatic heterocycles. The summed E-state index contributed by atoms with van der Waals surface area (Å²) in [7, 11) is -3.43. The van der Waals surface area contributed by atoms with E-state index in [1.165, 1.54) is 17.4 Å². The van der Waals surface area contributed by atoms with Crippen molar-refractivity contribution in [2.24, 2.45) is 0 Å². The van der Waals surface area contributed by atoms with E-state index in [0.29, 0.717) is 4.88 Å². The fourth-order valence-corrected chi connectivity index (χ4v) is 3.47. The predicted octanol–water partition coefficient (Wildman–Crippen LogP) is 3.43. The van der Waals surface area contributed by atoms with Crippen LogP contribution in [-0.4, -0.2) is 25.6 Å². The van der Waals surface area contributed by atoms with Gasteiger partial charge in [-0.05, 0) is 34.7 Å². The van der Waals surface area contributed by atoms with Crippen LogP contribution in [0.2, 0.25) is 0 Å². The number of hydrogen-bond donors (Lipinski definition) is 2. The van der Waals surface area contributed by atoms with Crippen molar-refractivity contribution in [2.45, 2.75) is 0 Å². The molecule has 0 radical (unpaired) electrons. The Balaban J connectivity index is 1.75. The van der Waals surface area contributed by atoms with Crippen LogP contribution in [-0.2, 0) is 10.0 Å². The van der Waals surface area contributed by atoms with E-state index in [-0.39, 0.29) is 17.5 Å². The van der Waals surface area contributed by atoms with Gasteiger partial charge in [0.25, 0.3) is 5.91 Å². The average Bonchev–Trinajstić information content (AvgIpc) is 3.04. The lowest BCUT2D eigenvalue weighted by atomic mass is 10.1. The van der Waals surface area contributed by atoms with Gasteiger partial charge in [0.05, 0.1) is 11.1 Å². The van der Waals surface area contributed by atoms with E-state index in [0.717, 1.165) is 17.4 Å². The van der Waals surface area contributed by atoms with Crippen molar-refractivity contribution in [2.75, 3.05) is 16.3 Å². The first-order valence-electron chi connectivity index (χ1n) is 7.31. The number of thiophene rings is 1. The molecule has 2 heterocycles. The van der Waals surface area contributed by atoms with Gasteiger partial charge in [-0.25, -0.2) is 13.4 Å². The summed E-state index contributed by atoms with van der Waals surface area (Å²) in [4.78, 5) is 17.0. The van der Waals surface area contributed by atoms with Gasteiger partial charge in [0, 0.05) is 0 Å². The third-order valence-electron chi connectivity index (χ3n) is 3.21. The Morgan fingerprint density at radius 1 is 1.00 bits per heavy atom. The molecule has 128 valence electrons. The lowest BCUT2D eigenvalue weighted by Gasteiger charge is -2.06. The van der Waals surface area contributed by atoms with Crippen LogP contribution in [0.1, 0.15) is 9.67 Å². The molecular weight excluding hydrogens is 358 g/mol. The molecular formula is C17H15N3O3S2. The van der Waals surface area contributed by atoms with E-state index in [1.807, 2.05) is 41.8 Å². The maximum atomic E-state index is 12.4. The molecule has 0 saturated carbocycles. The van der Waals surface area contributed by atoms with E-state index in [2.05, 4.69) is 15.0 Å². The molecule has 0 aliphatic heterocycles. The lowest BCUT2D eigenvalue weighted by molar-refractivity contribution is 0.103. The number of aromatic nitrogens is 1. The Labute approximate surface area is 149 Å². The van der Waals surface area contributed by atoms with E-state index in [9.17, 15) is 13.2 Å². The molecule has 0 fully saturated rings. The lowest BCUT2D eigenvalue weighted by Crippen LogP contribution is -2.14. The molecule has 0 bridgehead atoms. The summed E-state index contributed by atoms with van der Waals surface area (Å²) in [5.41, 5.74) is 2.01. The van der Waals surface area contributed by atoms with Gasteiger partial charge in [-0.15, -0.1) is 11.3 Å². The summed E-state index contributed by atoms with van der Waals surface area (Å²) in [6, 6.07) is 16.3. The van der Waals surface area contributed by atoms with Crippen LogP contribution in [0.3, 0.4) is 0 Å². The van der Waals surface area contributed by atoms with Gasteiger partial charge in [-0.2, -0.15) is 0 Å². The fraction of sp³-hybridized carbons (Fsp3) is 0.0588. The number of benzene rings is 1. The van der Waals surface area contributed by atoms with Gasteiger partial charge < -0.3 is 5.32 Å². The summed E-state index contributed by atoms with van der Waals surface area (Å²) in [5, 5.41) is 4.59. The predicted molar refractivity (Wildman–Crippen MR) is 100 cm³/mol. The van der Waals surface area contributed by atoms with Crippen molar-refractivity contribution in [1.29, 1.82) is 0 Å². The number of nitrogens with zero attached hydrogens (tertiary/aromatic N) is 1. The quantitative estimate of drug-likeness (QED) is 0.717. The third-order valence-corrected chi connectivity index (χ3v) is 4.72. The molecule has 0 atom stereocenters. The molecule has 3 aromatic rings. The number of carbonyl (C=O) groups excluding carboxylic acids is 1. The van der Waals surface area contributed by atoms with Gasteiger partial charge in [-0.3, -0.25) is 9.52 Å². The van der Waals surface area contributed by atoms with Crippen LogP contribution < -0.4 is 10.0 Å². The molecule has 1 amide bonds. The minimum Gasteiger partial charge on any atom is -0.306 e. The standard InChI is InChI=1S/C17H15N3O3S2/c1-25(22,23)20-16-9-5-8-15(18-16)19-17(21)14-10-13(11-24-14)12-6-3-2-4-7-12/h2-11H,1H3,(H2,18,19,20,21). The highest BCUT2D eigenvalue weighted by molar-refractivity contribution is 7.92. The Morgan fingerprint density at radius 3 is 2.44 bits per heavy atom. The van der Waals surface area contributed by atoms with Gasteiger partial charge in [0.15, 0.2) is 0 Å². The Bertz CT molecular complexity index is 999. The van der Waals surface area contributed by atoms with Crippen molar-refractivity contribution in [3.63, 3.8) is 0 Å². The third kappa shape index (κ3) is 4.65. The SMILES string of the molecule is CS(=O)(=O)Nc1cccc(NC(=O)c2cc(-c3ccccc3)cs2)n1. The second-order valence-corrected chi connectivity index (χ2v) is 7.96. The highest BCUT2D eigenvalue weighted by Crippen LogP contribution is 2.26. The topological polar surface area (TPSA) is 88.2 Å². The van der Waals surface area contributed by atoms with E-state index >= 15 is 0 Å². The smallest absolute Gasteiger partial charge is 0.266 e. The van der Waals surface area contributed by atoms with Crippen molar-refractivity contribution < 1.29 is 13.2 Å². The second-order valence-electron chi connectivity index (χ2n) is 5.30. The molecule has 0 aliphatic rings. The fourth-order valence-electron chi connectivity index (χ4n) is 2.17. The summed E-state index contributed by atoms with van der Waals surface area (Å²) < 4.78 is 24.8. The number of amides is 1. The molecule has 8 heteroatoms. The summed E-state index contributed by atoms with van der Waals surface area (Å²) in [6.45, 7) is 0. The molecule has 6 nitrogen and oxygen atoms in total. The van der Waals surface area contributed by atoms with E-state index in [4.69, 9.17) is 0 Å². The highest BCUT2D eigenvalue weighted by atomic mass is 32.2. The largest absolute Gasteiger partial charge is 0.306 e. The number of pyridine rings is 1. The summed E-state index contributed by atoms with van der Waals surface area (Å²) in [6.07, 6.45) is 1.04. The van der Waals surface area contributed by atoms with E-state index < -0.39 is 10.0 Å².